The highest BCUT2D eigenvalue weighted by atomic mass is 79.9. The molecule has 0 amide bonds. The van der Waals surface area contributed by atoms with E-state index in [9.17, 15) is 13.2 Å². The van der Waals surface area contributed by atoms with Crippen molar-refractivity contribution < 1.29 is 13.2 Å². The number of halogens is 5. The summed E-state index contributed by atoms with van der Waals surface area (Å²) in [6.45, 7) is 0. The largest absolute Gasteiger partial charge is 0.416 e. The fourth-order valence-electron chi connectivity index (χ4n) is 0.832. The molecule has 0 spiro atoms. The van der Waals surface area contributed by atoms with Gasteiger partial charge in [-0.15, -0.1) is 11.6 Å². The highest BCUT2D eigenvalue weighted by Crippen LogP contribution is 2.32. The van der Waals surface area contributed by atoms with E-state index in [4.69, 9.17) is 11.6 Å². The van der Waals surface area contributed by atoms with Crippen molar-refractivity contribution in [3.05, 3.63) is 33.8 Å². The van der Waals surface area contributed by atoms with Crippen LogP contribution in [0.3, 0.4) is 0 Å². The Hall–Kier alpha value is -0.220. The van der Waals surface area contributed by atoms with Crippen LogP contribution in [0.5, 0.6) is 0 Å². The molecule has 0 nitrogen and oxygen atoms in total. The van der Waals surface area contributed by atoms with Gasteiger partial charge in [-0.1, -0.05) is 22.0 Å². The highest BCUT2D eigenvalue weighted by molar-refractivity contribution is 9.10. The maximum absolute atomic E-state index is 12.1. The SMILES string of the molecule is FC(F)(F)c1ccc(CCl)c(Br)c1. The van der Waals surface area contributed by atoms with Crippen LogP contribution in [0, 0.1) is 0 Å². The van der Waals surface area contributed by atoms with E-state index in [-0.39, 0.29) is 5.88 Å². The Morgan fingerprint density at radius 2 is 1.92 bits per heavy atom. The third-order valence-corrected chi connectivity index (χ3v) is 2.55. The molecule has 0 saturated carbocycles. The van der Waals surface area contributed by atoms with E-state index >= 15 is 0 Å². The van der Waals surface area contributed by atoms with Crippen molar-refractivity contribution in [1.82, 2.24) is 0 Å². The third-order valence-electron chi connectivity index (χ3n) is 1.52. The summed E-state index contributed by atoms with van der Waals surface area (Å²) in [5, 5.41) is 0. The summed E-state index contributed by atoms with van der Waals surface area (Å²) in [6.07, 6.45) is -4.30. The Bertz CT molecular complexity index is 309. The predicted octanol–water partition coefficient (Wildman–Crippen LogP) is 4.21. The van der Waals surface area contributed by atoms with Crippen molar-refractivity contribution >= 4 is 27.5 Å². The first kappa shape index (κ1) is 10.9. The zero-order valence-corrected chi connectivity index (χ0v) is 8.67. The van der Waals surface area contributed by atoms with E-state index in [1.54, 1.807) is 0 Å². The zero-order chi connectivity index (χ0) is 10.1. The molecule has 72 valence electrons. The molecule has 0 aliphatic rings. The van der Waals surface area contributed by atoms with E-state index < -0.39 is 11.7 Å². The minimum absolute atomic E-state index is 0.193. The van der Waals surface area contributed by atoms with Gasteiger partial charge in [0.15, 0.2) is 0 Å². The number of benzene rings is 1. The highest BCUT2D eigenvalue weighted by Gasteiger charge is 2.30. The van der Waals surface area contributed by atoms with Gasteiger partial charge in [0.1, 0.15) is 0 Å². The van der Waals surface area contributed by atoms with E-state index in [0.29, 0.717) is 10.0 Å². The number of rotatable bonds is 1. The molecule has 5 heteroatoms. The standard InChI is InChI=1S/C8H5BrClF3/c9-7-3-6(8(11,12)13)2-1-5(7)4-10/h1-3H,4H2. The molecule has 0 radical (unpaired) electrons. The first-order valence-corrected chi connectivity index (χ1v) is 4.69. The third kappa shape index (κ3) is 2.61. The van der Waals surface area contributed by atoms with E-state index in [1.807, 2.05) is 0 Å². The second-order valence-electron chi connectivity index (χ2n) is 2.44. The van der Waals surface area contributed by atoms with Crippen LogP contribution in [0.1, 0.15) is 11.1 Å². The van der Waals surface area contributed by atoms with Gasteiger partial charge in [-0.2, -0.15) is 13.2 Å². The average Bonchev–Trinajstić information content (AvgIpc) is 2.02. The summed E-state index contributed by atoms with van der Waals surface area (Å²) >= 11 is 8.50. The first-order chi connectivity index (χ1) is 5.95. The smallest absolute Gasteiger partial charge is 0.166 e. The van der Waals surface area contributed by atoms with Gasteiger partial charge in [0.25, 0.3) is 0 Å². The Kier molecular flexibility index (Phi) is 3.24. The maximum Gasteiger partial charge on any atom is 0.416 e. The van der Waals surface area contributed by atoms with Crippen LogP contribution >= 0.6 is 27.5 Å². The molecule has 1 aromatic carbocycles. The summed E-state index contributed by atoms with van der Waals surface area (Å²) in [7, 11) is 0. The minimum atomic E-state index is -4.30. The Balaban J connectivity index is 3.10. The van der Waals surface area contributed by atoms with Crippen molar-refractivity contribution in [3.8, 4) is 0 Å². The fourth-order valence-corrected chi connectivity index (χ4v) is 1.75. The molecule has 0 bridgehead atoms. The number of hydrogen-bond donors (Lipinski definition) is 0. The molecule has 0 heterocycles. The summed E-state index contributed by atoms with van der Waals surface area (Å²) in [5.41, 5.74) is -0.0251. The van der Waals surface area contributed by atoms with Gasteiger partial charge < -0.3 is 0 Å². The summed E-state index contributed by atoms with van der Waals surface area (Å²) < 4.78 is 36.8. The first-order valence-electron chi connectivity index (χ1n) is 3.36. The van der Waals surface area contributed by atoms with Crippen LogP contribution < -0.4 is 0 Å². The molecule has 0 atom stereocenters. The van der Waals surface area contributed by atoms with Gasteiger partial charge in [-0.05, 0) is 17.7 Å². The van der Waals surface area contributed by atoms with E-state index in [0.717, 1.165) is 12.1 Å². The lowest BCUT2D eigenvalue weighted by atomic mass is 10.1. The molecule has 0 fully saturated rings. The van der Waals surface area contributed by atoms with Gasteiger partial charge >= 0.3 is 6.18 Å². The fraction of sp³-hybridized carbons (Fsp3) is 0.250. The summed E-state index contributed by atoms with van der Waals surface area (Å²) in [5.74, 6) is 0.193. The van der Waals surface area contributed by atoms with Crippen molar-refractivity contribution in [1.29, 1.82) is 0 Å². The quantitative estimate of drug-likeness (QED) is 0.673. The van der Waals surface area contributed by atoms with Crippen molar-refractivity contribution in [3.63, 3.8) is 0 Å². The van der Waals surface area contributed by atoms with Gasteiger partial charge in [-0.3, -0.25) is 0 Å². The van der Waals surface area contributed by atoms with Gasteiger partial charge in [0, 0.05) is 10.4 Å². The van der Waals surface area contributed by atoms with Crippen LogP contribution in [0.25, 0.3) is 0 Å². The van der Waals surface area contributed by atoms with Crippen molar-refractivity contribution in [2.45, 2.75) is 12.1 Å². The van der Waals surface area contributed by atoms with Crippen LogP contribution in [0.4, 0.5) is 13.2 Å². The van der Waals surface area contributed by atoms with Crippen LogP contribution in [0.15, 0.2) is 22.7 Å². The van der Waals surface area contributed by atoms with Gasteiger partial charge in [0.05, 0.1) is 5.56 Å². The van der Waals surface area contributed by atoms with Gasteiger partial charge in [-0.25, -0.2) is 0 Å². The molecule has 1 rings (SSSR count). The number of hydrogen-bond acceptors (Lipinski definition) is 0. The molecule has 13 heavy (non-hydrogen) atoms. The molecule has 0 aliphatic heterocycles. The monoisotopic (exact) mass is 272 g/mol. The molecule has 0 unspecified atom stereocenters. The summed E-state index contributed by atoms with van der Waals surface area (Å²) in [4.78, 5) is 0. The zero-order valence-electron chi connectivity index (χ0n) is 6.33. The van der Waals surface area contributed by atoms with E-state index in [1.165, 1.54) is 6.07 Å². The molecule has 0 saturated heterocycles. The average molecular weight is 273 g/mol. The van der Waals surface area contributed by atoms with Crippen LogP contribution in [-0.4, -0.2) is 0 Å². The van der Waals surface area contributed by atoms with Gasteiger partial charge in [0.2, 0.25) is 0 Å². The molecular weight excluding hydrogens is 268 g/mol. The molecule has 0 aromatic heterocycles. The Morgan fingerprint density at radius 3 is 2.31 bits per heavy atom. The molecule has 0 N–H and O–H groups in total. The van der Waals surface area contributed by atoms with Crippen molar-refractivity contribution in [2.24, 2.45) is 0 Å². The summed E-state index contributed by atoms with van der Waals surface area (Å²) in [6, 6.07) is 3.40. The lowest BCUT2D eigenvalue weighted by Gasteiger charge is -2.08. The normalized spacial score (nSPS) is 11.8. The second kappa shape index (κ2) is 3.88. The van der Waals surface area contributed by atoms with Crippen LogP contribution in [-0.2, 0) is 12.1 Å². The lowest BCUT2D eigenvalue weighted by molar-refractivity contribution is -0.137. The molecular formula is C8H5BrClF3. The Labute approximate surface area is 86.8 Å². The minimum Gasteiger partial charge on any atom is -0.166 e. The second-order valence-corrected chi connectivity index (χ2v) is 3.56. The van der Waals surface area contributed by atoms with Crippen molar-refractivity contribution in [2.75, 3.05) is 0 Å². The van der Waals surface area contributed by atoms with E-state index in [2.05, 4.69) is 15.9 Å². The number of alkyl halides is 4. The molecule has 1 aromatic rings. The lowest BCUT2D eigenvalue weighted by Crippen LogP contribution is -2.04. The molecule has 0 aliphatic carbocycles. The Morgan fingerprint density at radius 1 is 1.31 bits per heavy atom. The topological polar surface area (TPSA) is 0 Å². The maximum atomic E-state index is 12.1. The van der Waals surface area contributed by atoms with Crippen LogP contribution in [0.2, 0.25) is 0 Å². The predicted molar refractivity (Wildman–Crippen MR) is 48.7 cm³/mol.